The van der Waals surface area contributed by atoms with Gasteiger partial charge in [0.1, 0.15) is 0 Å². The van der Waals surface area contributed by atoms with Crippen LogP contribution in [0.25, 0.3) is 0 Å². The molecule has 1 unspecified atom stereocenters. The van der Waals surface area contributed by atoms with Crippen LogP contribution in [0, 0.1) is 6.92 Å². The van der Waals surface area contributed by atoms with Gasteiger partial charge in [-0.1, -0.05) is 0 Å². The molecule has 2 rings (SSSR count). The second-order valence-electron chi connectivity index (χ2n) is 4.85. The summed E-state index contributed by atoms with van der Waals surface area (Å²) in [6, 6.07) is 4.00. The molecule has 0 saturated carbocycles. The standard InChI is InChI=1S/C14H20N2O3/c1-9-6-12(18-4)13(19-5)7-10(9)11-8-15(2)14(17)16(11)3/h6-7,11H,8H2,1-5H3. The van der Waals surface area contributed by atoms with Crippen LogP contribution in [0.3, 0.4) is 0 Å². The molecule has 0 N–H and O–H groups in total. The lowest BCUT2D eigenvalue weighted by Crippen LogP contribution is -2.26. The Kier molecular flexibility index (Phi) is 3.55. The quantitative estimate of drug-likeness (QED) is 0.839. The Morgan fingerprint density at radius 1 is 1.16 bits per heavy atom. The Morgan fingerprint density at radius 2 is 1.74 bits per heavy atom. The highest BCUT2D eigenvalue weighted by Gasteiger charge is 2.34. The van der Waals surface area contributed by atoms with Crippen LogP contribution in [0.2, 0.25) is 0 Å². The average molecular weight is 264 g/mol. The minimum absolute atomic E-state index is 0.0409. The van der Waals surface area contributed by atoms with Gasteiger partial charge in [-0.15, -0.1) is 0 Å². The Labute approximate surface area is 113 Å². The molecule has 1 heterocycles. The van der Waals surface area contributed by atoms with Crippen molar-refractivity contribution in [2.75, 3.05) is 34.9 Å². The van der Waals surface area contributed by atoms with Gasteiger partial charge in [0.25, 0.3) is 0 Å². The first-order valence-corrected chi connectivity index (χ1v) is 6.20. The highest BCUT2D eigenvalue weighted by Crippen LogP contribution is 2.36. The first-order valence-electron chi connectivity index (χ1n) is 6.20. The molecule has 2 amide bonds. The van der Waals surface area contributed by atoms with Crippen LogP contribution in [0.4, 0.5) is 4.79 Å². The molecule has 5 nitrogen and oxygen atoms in total. The van der Waals surface area contributed by atoms with Gasteiger partial charge in [0.2, 0.25) is 0 Å². The number of hydrogen-bond donors (Lipinski definition) is 0. The Morgan fingerprint density at radius 3 is 2.21 bits per heavy atom. The lowest BCUT2D eigenvalue weighted by atomic mass is 10.00. The number of amides is 2. The molecule has 1 atom stereocenters. The smallest absolute Gasteiger partial charge is 0.320 e. The van der Waals surface area contributed by atoms with E-state index in [0.29, 0.717) is 18.0 Å². The number of likely N-dealkylation sites (N-methyl/N-ethyl adjacent to an activating group) is 2. The molecule has 1 aromatic rings. The van der Waals surface area contributed by atoms with Crippen LogP contribution in [-0.2, 0) is 0 Å². The molecule has 1 aliphatic heterocycles. The van der Waals surface area contributed by atoms with Crippen molar-refractivity contribution >= 4 is 6.03 Å². The summed E-state index contributed by atoms with van der Waals surface area (Å²) >= 11 is 0. The topological polar surface area (TPSA) is 42.0 Å². The summed E-state index contributed by atoms with van der Waals surface area (Å²) in [5, 5.41) is 0. The van der Waals surface area contributed by atoms with E-state index >= 15 is 0 Å². The zero-order valence-corrected chi connectivity index (χ0v) is 12.1. The summed E-state index contributed by atoms with van der Waals surface area (Å²) in [7, 11) is 6.88. The number of urea groups is 1. The summed E-state index contributed by atoms with van der Waals surface area (Å²) in [6.45, 7) is 2.71. The molecular formula is C14H20N2O3. The molecule has 104 valence electrons. The number of aryl methyl sites for hydroxylation is 1. The third-order valence-electron chi connectivity index (χ3n) is 3.67. The van der Waals surface area contributed by atoms with E-state index in [4.69, 9.17) is 9.47 Å². The number of carbonyl (C=O) groups is 1. The van der Waals surface area contributed by atoms with Crippen molar-refractivity contribution < 1.29 is 14.3 Å². The third kappa shape index (κ3) is 2.20. The number of rotatable bonds is 3. The van der Waals surface area contributed by atoms with Gasteiger partial charge in [0, 0.05) is 20.6 Å². The van der Waals surface area contributed by atoms with Crippen molar-refractivity contribution in [3.05, 3.63) is 23.3 Å². The maximum absolute atomic E-state index is 11.9. The van der Waals surface area contributed by atoms with Crippen molar-refractivity contribution in [2.45, 2.75) is 13.0 Å². The van der Waals surface area contributed by atoms with Gasteiger partial charge in [0.05, 0.1) is 20.3 Å². The van der Waals surface area contributed by atoms with Crippen LogP contribution < -0.4 is 9.47 Å². The normalized spacial score (nSPS) is 19.0. The predicted octanol–water partition coefficient (Wildman–Crippen LogP) is 2.05. The number of carbonyl (C=O) groups excluding carboxylic acids is 1. The maximum Gasteiger partial charge on any atom is 0.320 e. The number of benzene rings is 1. The highest BCUT2D eigenvalue weighted by atomic mass is 16.5. The molecule has 0 aromatic heterocycles. The van der Waals surface area contributed by atoms with Crippen molar-refractivity contribution in [1.29, 1.82) is 0 Å². The van der Waals surface area contributed by atoms with Crippen LogP contribution in [-0.4, -0.2) is 50.7 Å². The summed E-state index contributed by atoms with van der Waals surface area (Å²) in [6.07, 6.45) is 0. The minimum atomic E-state index is 0.0409. The van der Waals surface area contributed by atoms with Gasteiger partial charge >= 0.3 is 6.03 Å². The van der Waals surface area contributed by atoms with Gasteiger partial charge in [-0.2, -0.15) is 0 Å². The lowest BCUT2D eigenvalue weighted by Gasteiger charge is -2.21. The van der Waals surface area contributed by atoms with E-state index in [9.17, 15) is 4.79 Å². The predicted molar refractivity (Wildman–Crippen MR) is 72.8 cm³/mol. The number of hydrogen-bond acceptors (Lipinski definition) is 3. The van der Waals surface area contributed by atoms with Gasteiger partial charge in [-0.3, -0.25) is 0 Å². The Bertz CT molecular complexity index is 502. The van der Waals surface area contributed by atoms with Crippen molar-refractivity contribution in [1.82, 2.24) is 9.80 Å². The van der Waals surface area contributed by atoms with Gasteiger partial charge < -0.3 is 19.3 Å². The molecule has 1 aromatic carbocycles. The first-order chi connectivity index (χ1) is 8.99. The summed E-state index contributed by atoms with van der Waals surface area (Å²) in [5.41, 5.74) is 2.19. The van der Waals surface area contributed by atoms with E-state index in [-0.39, 0.29) is 12.1 Å². The van der Waals surface area contributed by atoms with E-state index in [2.05, 4.69) is 0 Å². The summed E-state index contributed by atoms with van der Waals surface area (Å²) in [4.78, 5) is 15.4. The Balaban J connectivity index is 2.43. The molecule has 0 radical (unpaired) electrons. The molecule has 1 fully saturated rings. The van der Waals surface area contributed by atoms with Crippen molar-refractivity contribution in [3.8, 4) is 11.5 Å². The average Bonchev–Trinajstić information content (AvgIpc) is 2.66. The fourth-order valence-electron chi connectivity index (χ4n) is 2.52. The van der Waals surface area contributed by atoms with Gasteiger partial charge in [-0.05, 0) is 30.2 Å². The van der Waals surface area contributed by atoms with Crippen molar-refractivity contribution in [2.24, 2.45) is 0 Å². The van der Waals surface area contributed by atoms with E-state index in [1.165, 1.54) is 0 Å². The molecule has 0 spiro atoms. The van der Waals surface area contributed by atoms with E-state index in [1.807, 2.05) is 33.2 Å². The zero-order chi connectivity index (χ0) is 14.2. The molecule has 0 bridgehead atoms. The van der Waals surface area contributed by atoms with E-state index < -0.39 is 0 Å². The molecule has 1 saturated heterocycles. The molecular weight excluding hydrogens is 244 g/mol. The largest absolute Gasteiger partial charge is 0.493 e. The lowest BCUT2D eigenvalue weighted by molar-refractivity contribution is 0.201. The van der Waals surface area contributed by atoms with Crippen LogP contribution in [0.15, 0.2) is 12.1 Å². The van der Waals surface area contributed by atoms with Crippen LogP contribution in [0.5, 0.6) is 11.5 Å². The SMILES string of the molecule is COc1cc(C)c(C2CN(C)C(=O)N2C)cc1OC. The van der Waals surface area contributed by atoms with Crippen LogP contribution in [0.1, 0.15) is 17.2 Å². The number of ether oxygens (including phenoxy) is 2. The third-order valence-corrected chi connectivity index (χ3v) is 3.67. The molecule has 0 aliphatic carbocycles. The highest BCUT2D eigenvalue weighted by molar-refractivity contribution is 5.77. The second kappa shape index (κ2) is 4.99. The number of nitrogens with zero attached hydrogens (tertiary/aromatic N) is 2. The van der Waals surface area contributed by atoms with Gasteiger partial charge in [-0.25, -0.2) is 4.79 Å². The Hall–Kier alpha value is -1.91. The summed E-state index contributed by atoms with van der Waals surface area (Å²) < 4.78 is 10.6. The zero-order valence-electron chi connectivity index (χ0n) is 12.1. The fraction of sp³-hybridized carbons (Fsp3) is 0.500. The van der Waals surface area contributed by atoms with Crippen molar-refractivity contribution in [3.63, 3.8) is 0 Å². The second-order valence-corrected chi connectivity index (χ2v) is 4.85. The van der Waals surface area contributed by atoms with Crippen LogP contribution >= 0.6 is 0 Å². The minimum Gasteiger partial charge on any atom is -0.493 e. The molecule has 19 heavy (non-hydrogen) atoms. The maximum atomic E-state index is 11.9. The molecule has 5 heteroatoms. The van der Waals surface area contributed by atoms with Gasteiger partial charge in [0.15, 0.2) is 11.5 Å². The monoisotopic (exact) mass is 264 g/mol. The number of methoxy groups -OCH3 is 2. The van der Waals surface area contributed by atoms with E-state index in [0.717, 1.165) is 11.1 Å². The fourth-order valence-corrected chi connectivity index (χ4v) is 2.52. The molecule has 1 aliphatic rings. The summed E-state index contributed by atoms with van der Waals surface area (Å²) in [5.74, 6) is 1.41. The van der Waals surface area contributed by atoms with E-state index in [1.54, 1.807) is 24.0 Å². The first kappa shape index (κ1) is 13.5.